The Kier molecular flexibility index (Phi) is 3.16. The van der Waals surface area contributed by atoms with E-state index in [0.29, 0.717) is 5.69 Å². The van der Waals surface area contributed by atoms with Gasteiger partial charge in [-0.3, -0.25) is 9.78 Å². The molecule has 0 fully saturated rings. The van der Waals surface area contributed by atoms with Crippen LogP contribution in [0.5, 0.6) is 0 Å². The molecule has 6 heteroatoms. The highest BCUT2D eigenvalue weighted by molar-refractivity contribution is 5.90. The number of carboxylic acids is 1. The highest BCUT2D eigenvalue weighted by Crippen LogP contribution is 2.18. The lowest BCUT2D eigenvalue weighted by atomic mass is 10.0. The summed E-state index contributed by atoms with van der Waals surface area (Å²) in [5.74, 6) is -1.83. The molecule has 98 valence electrons. The topological polar surface area (TPSA) is 83.0 Å². The summed E-state index contributed by atoms with van der Waals surface area (Å²) in [5.41, 5.74) is 0.199. The zero-order chi connectivity index (χ0) is 14.2. The van der Waals surface area contributed by atoms with E-state index >= 15 is 0 Å². The molecule has 0 radical (unpaired) electrons. The van der Waals surface area contributed by atoms with Crippen LogP contribution in [0.15, 0.2) is 23.1 Å². The van der Waals surface area contributed by atoms with Crippen LogP contribution in [-0.4, -0.2) is 21.0 Å². The van der Waals surface area contributed by atoms with Crippen molar-refractivity contribution in [3.05, 3.63) is 51.3 Å². The van der Waals surface area contributed by atoms with Gasteiger partial charge in [-0.1, -0.05) is 0 Å². The number of rotatable bonds is 2. The van der Waals surface area contributed by atoms with E-state index in [1.54, 1.807) is 6.92 Å². The number of halogens is 1. The minimum atomic E-state index is -1.30. The van der Waals surface area contributed by atoms with E-state index in [-0.39, 0.29) is 22.5 Å². The maximum absolute atomic E-state index is 12.8. The minimum absolute atomic E-state index is 0.142. The number of carboxylic acid groups (broad SMARTS) is 1. The molecule has 0 saturated heterocycles. The van der Waals surface area contributed by atoms with Crippen LogP contribution in [-0.2, 0) is 0 Å². The molecule has 0 bridgehead atoms. The highest BCUT2D eigenvalue weighted by Gasteiger charge is 2.19. The van der Waals surface area contributed by atoms with Gasteiger partial charge < -0.3 is 10.1 Å². The van der Waals surface area contributed by atoms with E-state index in [1.807, 2.05) is 0 Å². The van der Waals surface area contributed by atoms with Gasteiger partial charge in [0.2, 0.25) is 5.43 Å². The molecule has 0 aromatic carbocycles. The summed E-state index contributed by atoms with van der Waals surface area (Å²) in [7, 11) is 0. The first-order valence-electron chi connectivity index (χ1n) is 5.50. The lowest BCUT2D eigenvalue weighted by Crippen LogP contribution is -2.21. The Bertz CT molecular complexity index is 705. The Hall–Kier alpha value is -2.50. The smallest absolute Gasteiger partial charge is 0.341 e. The van der Waals surface area contributed by atoms with Gasteiger partial charge in [0, 0.05) is 11.4 Å². The Morgan fingerprint density at radius 1 is 1.32 bits per heavy atom. The molecule has 2 aromatic rings. The van der Waals surface area contributed by atoms with Gasteiger partial charge in [-0.15, -0.1) is 0 Å². The number of hydrogen-bond donors (Lipinski definition) is 2. The van der Waals surface area contributed by atoms with Crippen molar-refractivity contribution in [3.8, 4) is 11.3 Å². The Morgan fingerprint density at radius 2 is 2.00 bits per heavy atom. The number of carbonyl (C=O) groups is 1. The summed E-state index contributed by atoms with van der Waals surface area (Å²) in [5, 5.41) is 9.05. The third-order valence-electron chi connectivity index (χ3n) is 2.78. The first-order chi connectivity index (χ1) is 8.91. The van der Waals surface area contributed by atoms with Gasteiger partial charge in [0.05, 0.1) is 17.5 Å². The molecule has 5 nitrogen and oxygen atoms in total. The van der Waals surface area contributed by atoms with E-state index in [0.717, 1.165) is 6.20 Å². The Morgan fingerprint density at radius 3 is 2.53 bits per heavy atom. The Balaban J connectivity index is 2.77. The number of nitrogens with zero attached hydrogens (tertiary/aromatic N) is 1. The summed E-state index contributed by atoms with van der Waals surface area (Å²) in [6.07, 6.45) is 0.981. The summed E-state index contributed by atoms with van der Waals surface area (Å²) in [6.45, 7) is 3.15. The van der Waals surface area contributed by atoms with Crippen molar-refractivity contribution in [1.29, 1.82) is 0 Å². The van der Waals surface area contributed by atoms with Crippen LogP contribution >= 0.6 is 0 Å². The van der Waals surface area contributed by atoms with Crippen LogP contribution in [0.25, 0.3) is 11.3 Å². The predicted molar refractivity (Wildman–Crippen MR) is 66.7 cm³/mol. The van der Waals surface area contributed by atoms with Gasteiger partial charge in [0.15, 0.2) is 0 Å². The van der Waals surface area contributed by atoms with Crippen molar-refractivity contribution in [2.24, 2.45) is 0 Å². The van der Waals surface area contributed by atoms with Crippen LogP contribution < -0.4 is 5.43 Å². The molecular formula is C13H11FN2O3. The summed E-state index contributed by atoms with van der Waals surface area (Å²) in [4.78, 5) is 29.9. The molecule has 0 saturated carbocycles. The van der Waals surface area contributed by atoms with Crippen molar-refractivity contribution in [2.75, 3.05) is 0 Å². The lowest BCUT2D eigenvalue weighted by molar-refractivity contribution is 0.0694. The monoisotopic (exact) mass is 262 g/mol. The van der Waals surface area contributed by atoms with Gasteiger partial charge in [-0.2, -0.15) is 0 Å². The molecule has 0 aliphatic rings. The zero-order valence-corrected chi connectivity index (χ0v) is 10.3. The van der Waals surface area contributed by atoms with Crippen molar-refractivity contribution in [3.63, 3.8) is 0 Å². The summed E-state index contributed by atoms with van der Waals surface area (Å²) < 4.78 is 12.8. The number of pyridine rings is 2. The molecule has 2 N–H and O–H groups in total. The normalized spacial score (nSPS) is 10.5. The number of hydrogen-bond acceptors (Lipinski definition) is 3. The van der Waals surface area contributed by atoms with Crippen LogP contribution in [0, 0.1) is 19.7 Å². The zero-order valence-electron chi connectivity index (χ0n) is 10.3. The largest absolute Gasteiger partial charge is 0.477 e. The van der Waals surface area contributed by atoms with E-state index in [4.69, 9.17) is 5.11 Å². The van der Waals surface area contributed by atoms with Crippen molar-refractivity contribution >= 4 is 5.97 Å². The van der Waals surface area contributed by atoms with E-state index in [1.165, 1.54) is 19.1 Å². The number of nitrogens with one attached hydrogen (secondary N) is 1. The van der Waals surface area contributed by atoms with E-state index in [2.05, 4.69) is 9.97 Å². The SMILES string of the molecule is Cc1[nH]c(C)c(-c2ccc(F)cn2)c(=O)c1C(=O)O. The first-order valence-corrected chi connectivity index (χ1v) is 5.50. The van der Waals surface area contributed by atoms with Gasteiger partial charge in [0.1, 0.15) is 11.4 Å². The molecule has 2 rings (SSSR count). The van der Waals surface area contributed by atoms with Gasteiger partial charge in [-0.05, 0) is 26.0 Å². The quantitative estimate of drug-likeness (QED) is 0.865. The minimum Gasteiger partial charge on any atom is -0.477 e. The fraction of sp³-hybridized carbons (Fsp3) is 0.154. The maximum atomic E-state index is 12.8. The van der Waals surface area contributed by atoms with Crippen LogP contribution in [0.3, 0.4) is 0 Å². The second-order valence-corrected chi connectivity index (χ2v) is 4.12. The molecule has 2 heterocycles. The Labute approximate surface area is 107 Å². The predicted octanol–water partition coefficient (Wildman–Crippen LogP) is 1.89. The molecule has 0 amide bonds. The third kappa shape index (κ3) is 2.24. The molecule has 0 aliphatic carbocycles. The average molecular weight is 262 g/mol. The lowest BCUT2D eigenvalue weighted by Gasteiger charge is -2.08. The number of H-pyrrole nitrogens is 1. The molecule has 0 unspecified atom stereocenters. The second kappa shape index (κ2) is 4.64. The fourth-order valence-corrected chi connectivity index (χ4v) is 1.96. The number of aromatic amines is 1. The van der Waals surface area contributed by atoms with Gasteiger partial charge in [0.25, 0.3) is 0 Å². The standard InChI is InChI=1S/C13H11FN2O3/c1-6-10(9-4-3-8(14)5-15-9)12(17)11(13(18)19)7(2)16-6/h3-5H,1-2H3,(H,16,17)(H,18,19). The average Bonchev–Trinajstić information content (AvgIpc) is 2.30. The van der Waals surface area contributed by atoms with E-state index < -0.39 is 17.2 Å². The van der Waals surface area contributed by atoms with Crippen LogP contribution in [0.1, 0.15) is 21.7 Å². The number of aryl methyl sites for hydroxylation is 2. The van der Waals surface area contributed by atoms with Crippen LogP contribution in [0.2, 0.25) is 0 Å². The second-order valence-electron chi connectivity index (χ2n) is 4.12. The molecule has 0 aliphatic heterocycles. The van der Waals surface area contributed by atoms with Crippen molar-refractivity contribution in [2.45, 2.75) is 13.8 Å². The third-order valence-corrected chi connectivity index (χ3v) is 2.78. The van der Waals surface area contributed by atoms with Gasteiger partial charge >= 0.3 is 5.97 Å². The van der Waals surface area contributed by atoms with E-state index in [9.17, 15) is 14.0 Å². The number of aromatic nitrogens is 2. The number of aromatic carboxylic acids is 1. The fourth-order valence-electron chi connectivity index (χ4n) is 1.96. The van der Waals surface area contributed by atoms with Crippen molar-refractivity contribution in [1.82, 2.24) is 9.97 Å². The molecule has 0 atom stereocenters. The molecular weight excluding hydrogens is 251 g/mol. The maximum Gasteiger partial charge on any atom is 0.341 e. The van der Waals surface area contributed by atoms with Crippen molar-refractivity contribution < 1.29 is 14.3 Å². The highest BCUT2D eigenvalue weighted by atomic mass is 19.1. The van der Waals surface area contributed by atoms with Crippen LogP contribution in [0.4, 0.5) is 4.39 Å². The molecule has 0 spiro atoms. The summed E-state index contributed by atoms with van der Waals surface area (Å²) >= 11 is 0. The first kappa shape index (κ1) is 12.9. The molecule has 2 aromatic heterocycles. The summed E-state index contributed by atoms with van der Waals surface area (Å²) in [6, 6.07) is 2.51. The molecule has 19 heavy (non-hydrogen) atoms. The van der Waals surface area contributed by atoms with Gasteiger partial charge in [-0.25, -0.2) is 9.18 Å².